The molecule has 0 spiro atoms. The van der Waals surface area contributed by atoms with Crippen LogP contribution in [0.25, 0.3) is 0 Å². The fourth-order valence-electron chi connectivity index (χ4n) is 2.36. The Balaban J connectivity index is 1.94. The van der Waals surface area contributed by atoms with Gasteiger partial charge in [0.25, 0.3) is 0 Å². The van der Waals surface area contributed by atoms with Gasteiger partial charge in [0.05, 0.1) is 6.10 Å². The molecule has 3 N–H and O–H groups in total. The van der Waals surface area contributed by atoms with E-state index in [-0.39, 0.29) is 11.5 Å². The second-order valence-electron chi connectivity index (χ2n) is 5.34. The molecule has 1 aliphatic rings. The van der Waals surface area contributed by atoms with Crippen LogP contribution in [0.3, 0.4) is 0 Å². The van der Waals surface area contributed by atoms with Gasteiger partial charge in [-0.25, -0.2) is 0 Å². The van der Waals surface area contributed by atoms with Crippen LogP contribution in [-0.2, 0) is 6.54 Å². The van der Waals surface area contributed by atoms with E-state index in [2.05, 4.69) is 36.1 Å². The van der Waals surface area contributed by atoms with Gasteiger partial charge in [0.1, 0.15) is 0 Å². The van der Waals surface area contributed by atoms with Crippen LogP contribution in [0.2, 0.25) is 0 Å². The predicted molar refractivity (Wildman–Crippen MR) is 69.5 cm³/mol. The Hall–Kier alpha value is -0.900. The zero-order valence-corrected chi connectivity index (χ0v) is 10.5. The summed E-state index contributed by atoms with van der Waals surface area (Å²) < 4.78 is 0. The Morgan fingerprint density at radius 3 is 2.71 bits per heavy atom. The third-order valence-electron chi connectivity index (χ3n) is 3.95. The van der Waals surface area contributed by atoms with Crippen molar-refractivity contribution < 1.29 is 5.11 Å². The molecule has 1 aliphatic heterocycles. The van der Waals surface area contributed by atoms with Gasteiger partial charge in [0, 0.05) is 25.0 Å². The molecule has 2 atom stereocenters. The average Bonchev–Trinajstić information content (AvgIpc) is 2.35. The van der Waals surface area contributed by atoms with Gasteiger partial charge in [-0.2, -0.15) is 0 Å². The highest BCUT2D eigenvalue weighted by Crippen LogP contribution is 2.30. The smallest absolute Gasteiger partial charge is 0.0733 e. The van der Waals surface area contributed by atoms with Gasteiger partial charge in [0.15, 0.2) is 0 Å². The minimum atomic E-state index is -0.315. The van der Waals surface area contributed by atoms with E-state index in [1.165, 1.54) is 5.56 Å². The van der Waals surface area contributed by atoms with Gasteiger partial charge in [-0.05, 0) is 18.5 Å². The molecule has 1 saturated heterocycles. The number of aliphatic hydroxyl groups is 1. The van der Waals surface area contributed by atoms with Crippen molar-refractivity contribution in [1.29, 1.82) is 0 Å². The van der Waals surface area contributed by atoms with E-state index in [0.29, 0.717) is 6.54 Å². The summed E-state index contributed by atoms with van der Waals surface area (Å²) in [6, 6.07) is 10.4. The maximum atomic E-state index is 10.2. The summed E-state index contributed by atoms with van der Waals surface area (Å²) in [4.78, 5) is 2.30. The van der Waals surface area contributed by atoms with Crippen molar-refractivity contribution in [1.82, 2.24) is 4.90 Å². The standard InChI is InChI=1S/C14H22N2O/c1-14(11-15)7-8-16(10-13(14)17)9-12-5-3-2-4-6-12/h2-6,13,17H,7-11,15H2,1H3/t13-,14+/m0/s1. The lowest BCUT2D eigenvalue weighted by atomic mass is 9.78. The molecule has 1 aromatic rings. The second-order valence-corrected chi connectivity index (χ2v) is 5.34. The summed E-state index contributed by atoms with van der Waals surface area (Å²) >= 11 is 0. The fourth-order valence-corrected chi connectivity index (χ4v) is 2.36. The SMILES string of the molecule is C[C@]1(CN)CCN(Cc2ccccc2)C[C@@H]1O. The van der Waals surface area contributed by atoms with Crippen molar-refractivity contribution in [3.8, 4) is 0 Å². The number of β-amino-alcohol motifs (C(OH)–C–C–N with tert-alkyl or cyclic N) is 1. The number of rotatable bonds is 3. The minimum absolute atomic E-state index is 0.104. The molecule has 0 saturated carbocycles. The lowest BCUT2D eigenvalue weighted by molar-refractivity contribution is -0.0329. The Bertz CT molecular complexity index is 354. The summed E-state index contributed by atoms with van der Waals surface area (Å²) in [5, 5.41) is 10.2. The zero-order valence-electron chi connectivity index (χ0n) is 10.5. The quantitative estimate of drug-likeness (QED) is 0.826. The fraction of sp³-hybridized carbons (Fsp3) is 0.571. The van der Waals surface area contributed by atoms with Crippen LogP contribution in [0, 0.1) is 5.41 Å². The van der Waals surface area contributed by atoms with E-state index in [0.717, 1.165) is 26.1 Å². The highest BCUT2D eigenvalue weighted by atomic mass is 16.3. The van der Waals surface area contributed by atoms with E-state index < -0.39 is 0 Å². The highest BCUT2D eigenvalue weighted by Gasteiger charge is 2.36. The number of aliphatic hydroxyl groups excluding tert-OH is 1. The number of hydrogen-bond acceptors (Lipinski definition) is 3. The molecule has 0 bridgehead atoms. The molecule has 1 fully saturated rings. The Kier molecular flexibility index (Phi) is 3.82. The van der Waals surface area contributed by atoms with Gasteiger partial charge in [0.2, 0.25) is 0 Å². The first kappa shape index (κ1) is 12.6. The number of likely N-dealkylation sites (tertiary alicyclic amines) is 1. The van der Waals surface area contributed by atoms with E-state index in [1.54, 1.807) is 0 Å². The largest absolute Gasteiger partial charge is 0.391 e. The van der Waals surface area contributed by atoms with Crippen molar-refractivity contribution in [3.63, 3.8) is 0 Å². The Morgan fingerprint density at radius 2 is 2.12 bits per heavy atom. The lowest BCUT2D eigenvalue weighted by Crippen LogP contribution is -2.52. The van der Waals surface area contributed by atoms with Crippen molar-refractivity contribution in [2.45, 2.75) is 26.0 Å². The van der Waals surface area contributed by atoms with Crippen molar-refractivity contribution >= 4 is 0 Å². The minimum Gasteiger partial charge on any atom is -0.391 e. The first-order valence-electron chi connectivity index (χ1n) is 6.28. The summed E-state index contributed by atoms with van der Waals surface area (Å²) in [6.45, 7) is 5.30. The molecular weight excluding hydrogens is 212 g/mol. The van der Waals surface area contributed by atoms with Gasteiger partial charge >= 0.3 is 0 Å². The van der Waals surface area contributed by atoms with Gasteiger partial charge in [-0.15, -0.1) is 0 Å². The molecule has 3 heteroatoms. The highest BCUT2D eigenvalue weighted by molar-refractivity contribution is 5.14. The van der Waals surface area contributed by atoms with E-state index in [4.69, 9.17) is 5.73 Å². The topological polar surface area (TPSA) is 49.5 Å². The van der Waals surface area contributed by atoms with Crippen LogP contribution in [0.4, 0.5) is 0 Å². The maximum Gasteiger partial charge on any atom is 0.0733 e. The predicted octanol–water partition coefficient (Wildman–Crippen LogP) is 1.22. The molecule has 0 aromatic heterocycles. The third-order valence-corrected chi connectivity index (χ3v) is 3.95. The first-order chi connectivity index (χ1) is 8.14. The van der Waals surface area contributed by atoms with Crippen molar-refractivity contribution in [2.75, 3.05) is 19.6 Å². The molecule has 1 aromatic carbocycles. The van der Waals surface area contributed by atoms with Gasteiger partial charge in [-0.3, -0.25) is 4.90 Å². The van der Waals surface area contributed by atoms with Crippen molar-refractivity contribution in [3.05, 3.63) is 35.9 Å². The van der Waals surface area contributed by atoms with Crippen LogP contribution in [0.1, 0.15) is 18.9 Å². The van der Waals surface area contributed by atoms with Crippen LogP contribution in [-0.4, -0.2) is 35.7 Å². The summed E-state index contributed by atoms with van der Waals surface area (Å²) in [5.41, 5.74) is 6.95. The molecule has 0 unspecified atom stereocenters. The van der Waals surface area contributed by atoms with E-state index in [9.17, 15) is 5.11 Å². The average molecular weight is 234 g/mol. The molecule has 2 rings (SSSR count). The van der Waals surface area contributed by atoms with E-state index >= 15 is 0 Å². The number of piperidine rings is 1. The monoisotopic (exact) mass is 234 g/mol. The summed E-state index contributed by atoms with van der Waals surface area (Å²) in [5.74, 6) is 0. The number of hydrogen-bond donors (Lipinski definition) is 2. The van der Waals surface area contributed by atoms with Gasteiger partial charge in [-0.1, -0.05) is 37.3 Å². The van der Waals surface area contributed by atoms with Crippen LogP contribution in [0.15, 0.2) is 30.3 Å². The lowest BCUT2D eigenvalue weighted by Gasteiger charge is -2.42. The molecule has 17 heavy (non-hydrogen) atoms. The normalized spacial score (nSPS) is 30.4. The molecule has 0 amide bonds. The summed E-state index contributed by atoms with van der Waals surface area (Å²) in [6.07, 6.45) is 0.655. The van der Waals surface area contributed by atoms with Crippen molar-refractivity contribution in [2.24, 2.45) is 11.1 Å². The number of nitrogens with zero attached hydrogens (tertiary/aromatic N) is 1. The molecule has 3 nitrogen and oxygen atoms in total. The molecule has 1 heterocycles. The molecule has 0 radical (unpaired) electrons. The summed E-state index contributed by atoms with van der Waals surface area (Å²) in [7, 11) is 0. The molecule has 0 aliphatic carbocycles. The maximum absolute atomic E-state index is 10.2. The first-order valence-corrected chi connectivity index (χ1v) is 6.28. The molecule has 94 valence electrons. The van der Waals surface area contributed by atoms with E-state index in [1.807, 2.05) is 6.07 Å². The number of nitrogens with two attached hydrogens (primary N) is 1. The Labute approximate surface area is 103 Å². The van der Waals surface area contributed by atoms with Crippen LogP contribution < -0.4 is 5.73 Å². The number of benzene rings is 1. The zero-order chi connectivity index (χ0) is 12.3. The Morgan fingerprint density at radius 1 is 1.41 bits per heavy atom. The molecular formula is C14H22N2O. The third kappa shape index (κ3) is 2.86. The van der Waals surface area contributed by atoms with Crippen LogP contribution in [0.5, 0.6) is 0 Å². The van der Waals surface area contributed by atoms with Crippen LogP contribution >= 0.6 is 0 Å². The van der Waals surface area contributed by atoms with Gasteiger partial charge < -0.3 is 10.8 Å². The second kappa shape index (κ2) is 5.17.